The molecule has 0 unspecified atom stereocenters. The fourth-order valence-corrected chi connectivity index (χ4v) is 2.24. The summed E-state index contributed by atoms with van der Waals surface area (Å²) in [5.41, 5.74) is 1.67. The van der Waals surface area contributed by atoms with Gasteiger partial charge in [0.2, 0.25) is 0 Å². The molecule has 0 spiro atoms. The first-order valence-corrected chi connectivity index (χ1v) is 7.14. The molecule has 0 saturated heterocycles. The maximum absolute atomic E-state index is 5.29. The number of ether oxygens (including phenoxy) is 1. The smallest absolute Gasteiger partial charge is 0.171 e. The molecule has 0 fully saturated rings. The lowest BCUT2D eigenvalue weighted by Crippen LogP contribution is -2.28. The molecule has 0 aliphatic carbocycles. The summed E-state index contributed by atoms with van der Waals surface area (Å²) in [5, 5.41) is 15.0. The minimum atomic E-state index is 0.487. The number of fused-ring (bicyclic) bond motifs is 1. The Morgan fingerprint density at radius 1 is 1.23 bits per heavy atom. The summed E-state index contributed by atoms with van der Waals surface area (Å²) in [5.74, 6) is 1.57. The molecule has 2 aromatic heterocycles. The van der Waals surface area contributed by atoms with Gasteiger partial charge >= 0.3 is 0 Å². The van der Waals surface area contributed by atoms with Crippen molar-refractivity contribution in [3.8, 4) is 5.75 Å². The van der Waals surface area contributed by atoms with Gasteiger partial charge in [-0.05, 0) is 36.5 Å². The Kier molecular flexibility index (Phi) is 4.15. The Bertz CT molecular complexity index is 801. The van der Waals surface area contributed by atoms with Gasteiger partial charge in [0.25, 0.3) is 0 Å². The third kappa shape index (κ3) is 3.15. The summed E-state index contributed by atoms with van der Waals surface area (Å²) in [6.07, 6.45) is 1.92. The summed E-state index contributed by atoms with van der Waals surface area (Å²) in [6.45, 7) is 0.487. The zero-order valence-electron chi connectivity index (χ0n) is 12.0. The number of thiocarbonyl (C=S) groups is 1. The van der Waals surface area contributed by atoms with E-state index in [0.29, 0.717) is 11.7 Å². The molecule has 0 amide bonds. The predicted molar refractivity (Wildman–Crippen MR) is 89.0 cm³/mol. The standard InChI is InChI=1S/C15H15N5OS/c1-21-12-6-4-5-11(9-12)17-15(22)16-10-14-19-18-13-7-2-3-8-20(13)14/h2-9H,10H2,1H3,(H2,16,17,22). The van der Waals surface area contributed by atoms with E-state index < -0.39 is 0 Å². The van der Waals surface area contributed by atoms with Crippen LogP contribution in [0.5, 0.6) is 5.75 Å². The van der Waals surface area contributed by atoms with Crippen LogP contribution in [0.2, 0.25) is 0 Å². The van der Waals surface area contributed by atoms with Crippen molar-refractivity contribution in [1.82, 2.24) is 19.9 Å². The van der Waals surface area contributed by atoms with Crippen molar-refractivity contribution in [1.29, 1.82) is 0 Å². The van der Waals surface area contributed by atoms with E-state index in [1.807, 2.05) is 53.1 Å². The maximum atomic E-state index is 5.29. The molecular weight excluding hydrogens is 298 g/mol. The van der Waals surface area contributed by atoms with E-state index in [2.05, 4.69) is 20.8 Å². The van der Waals surface area contributed by atoms with Crippen molar-refractivity contribution < 1.29 is 4.74 Å². The Morgan fingerprint density at radius 2 is 2.14 bits per heavy atom. The van der Waals surface area contributed by atoms with Crippen LogP contribution in [-0.2, 0) is 6.54 Å². The van der Waals surface area contributed by atoms with Crippen molar-refractivity contribution in [2.75, 3.05) is 12.4 Å². The lowest BCUT2D eigenvalue weighted by Gasteiger charge is -2.10. The number of pyridine rings is 1. The lowest BCUT2D eigenvalue weighted by atomic mass is 10.3. The fourth-order valence-electron chi connectivity index (χ4n) is 2.05. The van der Waals surface area contributed by atoms with Gasteiger partial charge in [-0.25, -0.2) is 0 Å². The van der Waals surface area contributed by atoms with E-state index in [0.717, 1.165) is 22.9 Å². The van der Waals surface area contributed by atoms with Gasteiger partial charge < -0.3 is 15.4 Å². The first-order valence-electron chi connectivity index (χ1n) is 6.74. The van der Waals surface area contributed by atoms with E-state index in [1.54, 1.807) is 7.11 Å². The van der Waals surface area contributed by atoms with Crippen LogP contribution in [0.1, 0.15) is 5.82 Å². The Hall–Kier alpha value is -2.67. The third-order valence-electron chi connectivity index (χ3n) is 3.12. The second kappa shape index (κ2) is 6.40. The molecule has 0 aliphatic heterocycles. The monoisotopic (exact) mass is 313 g/mol. The Labute approximate surface area is 133 Å². The third-order valence-corrected chi connectivity index (χ3v) is 3.37. The molecule has 2 N–H and O–H groups in total. The SMILES string of the molecule is COc1cccc(NC(=S)NCc2nnc3ccccn23)c1. The Balaban J connectivity index is 1.62. The highest BCUT2D eigenvalue weighted by atomic mass is 32.1. The molecule has 22 heavy (non-hydrogen) atoms. The van der Waals surface area contributed by atoms with Crippen LogP contribution in [0.15, 0.2) is 48.7 Å². The highest BCUT2D eigenvalue weighted by molar-refractivity contribution is 7.80. The van der Waals surface area contributed by atoms with Gasteiger partial charge in [0.15, 0.2) is 16.6 Å². The zero-order chi connectivity index (χ0) is 15.4. The van der Waals surface area contributed by atoms with Gasteiger partial charge in [0.05, 0.1) is 13.7 Å². The average Bonchev–Trinajstić information content (AvgIpc) is 2.96. The molecule has 3 rings (SSSR count). The summed E-state index contributed by atoms with van der Waals surface area (Å²) in [7, 11) is 1.63. The molecule has 7 heteroatoms. The molecule has 0 atom stereocenters. The van der Waals surface area contributed by atoms with E-state index in [-0.39, 0.29) is 0 Å². The zero-order valence-corrected chi connectivity index (χ0v) is 12.8. The fraction of sp³-hybridized carbons (Fsp3) is 0.133. The molecule has 0 aliphatic rings. The largest absolute Gasteiger partial charge is 0.497 e. The molecule has 2 heterocycles. The Morgan fingerprint density at radius 3 is 3.00 bits per heavy atom. The summed E-state index contributed by atoms with van der Waals surface area (Å²) in [6, 6.07) is 13.3. The van der Waals surface area contributed by atoms with Gasteiger partial charge in [-0.1, -0.05) is 12.1 Å². The second-order valence-corrected chi connectivity index (χ2v) is 4.99. The molecule has 3 aromatic rings. The van der Waals surface area contributed by atoms with Gasteiger partial charge in [-0.15, -0.1) is 10.2 Å². The van der Waals surface area contributed by atoms with Crippen LogP contribution in [0.4, 0.5) is 5.69 Å². The van der Waals surface area contributed by atoms with Crippen LogP contribution in [0.25, 0.3) is 5.65 Å². The number of hydrogen-bond acceptors (Lipinski definition) is 4. The lowest BCUT2D eigenvalue weighted by molar-refractivity contribution is 0.415. The first-order chi connectivity index (χ1) is 10.8. The minimum Gasteiger partial charge on any atom is -0.497 e. The van der Waals surface area contributed by atoms with Crippen LogP contribution < -0.4 is 15.4 Å². The average molecular weight is 313 g/mol. The predicted octanol–water partition coefficient (Wildman–Crippen LogP) is 2.22. The van der Waals surface area contributed by atoms with E-state index in [9.17, 15) is 0 Å². The van der Waals surface area contributed by atoms with E-state index in [4.69, 9.17) is 17.0 Å². The van der Waals surface area contributed by atoms with Crippen LogP contribution >= 0.6 is 12.2 Å². The molecule has 0 radical (unpaired) electrons. The van der Waals surface area contributed by atoms with Crippen molar-refractivity contribution in [2.24, 2.45) is 0 Å². The van der Waals surface area contributed by atoms with Gasteiger partial charge in [-0.3, -0.25) is 4.40 Å². The number of rotatable bonds is 4. The molecular formula is C15H15N5OS. The number of anilines is 1. The number of nitrogens with one attached hydrogen (secondary N) is 2. The van der Waals surface area contributed by atoms with Crippen molar-refractivity contribution >= 4 is 28.7 Å². The highest BCUT2D eigenvalue weighted by Gasteiger charge is 2.05. The highest BCUT2D eigenvalue weighted by Crippen LogP contribution is 2.16. The molecule has 6 nitrogen and oxygen atoms in total. The van der Waals surface area contributed by atoms with Gasteiger partial charge in [0.1, 0.15) is 5.75 Å². The van der Waals surface area contributed by atoms with Crippen LogP contribution in [0.3, 0.4) is 0 Å². The van der Waals surface area contributed by atoms with Crippen molar-refractivity contribution in [2.45, 2.75) is 6.54 Å². The molecule has 0 bridgehead atoms. The first kappa shape index (κ1) is 14.3. The van der Waals surface area contributed by atoms with E-state index >= 15 is 0 Å². The topological polar surface area (TPSA) is 63.5 Å². The quantitative estimate of drug-likeness (QED) is 0.720. The summed E-state index contributed by atoms with van der Waals surface area (Å²) < 4.78 is 7.10. The minimum absolute atomic E-state index is 0.487. The number of nitrogens with zero attached hydrogens (tertiary/aromatic N) is 3. The van der Waals surface area contributed by atoms with Crippen molar-refractivity contribution in [3.63, 3.8) is 0 Å². The van der Waals surface area contributed by atoms with Crippen LogP contribution in [-0.4, -0.2) is 26.8 Å². The number of hydrogen-bond donors (Lipinski definition) is 2. The van der Waals surface area contributed by atoms with Gasteiger partial charge in [0, 0.05) is 18.0 Å². The normalized spacial score (nSPS) is 10.4. The summed E-state index contributed by atoms with van der Waals surface area (Å²) >= 11 is 5.29. The number of benzene rings is 1. The van der Waals surface area contributed by atoms with Crippen molar-refractivity contribution in [3.05, 3.63) is 54.5 Å². The number of aromatic nitrogens is 3. The summed E-state index contributed by atoms with van der Waals surface area (Å²) in [4.78, 5) is 0. The van der Waals surface area contributed by atoms with Crippen LogP contribution in [0, 0.1) is 0 Å². The molecule has 112 valence electrons. The van der Waals surface area contributed by atoms with E-state index in [1.165, 1.54) is 0 Å². The molecule has 0 saturated carbocycles. The number of methoxy groups -OCH3 is 1. The molecule has 1 aromatic carbocycles. The second-order valence-electron chi connectivity index (χ2n) is 4.58. The van der Waals surface area contributed by atoms with Gasteiger partial charge in [-0.2, -0.15) is 0 Å². The maximum Gasteiger partial charge on any atom is 0.171 e.